The standard InChI is InChI=1S/C13H14F3N/c1-10(17-7-2-3-8-17)11-5-4-6-12(9-11)13(14,15)16/h4-6,9H,1-3,7-8H2. The minimum atomic E-state index is -4.29. The van der Waals surface area contributed by atoms with Crippen LogP contribution in [-0.2, 0) is 6.18 Å². The lowest BCUT2D eigenvalue weighted by atomic mass is 10.1. The molecule has 1 aliphatic rings. The molecule has 1 aromatic carbocycles. The van der Waals surface area contributed by atoms with Gasteiger partial charge in [0.05, 0.1) is 5.56 Å². The van der Waals surface area contributed by atoms with Crippen molar-refractivity contribution >= 4 is 5.70 Å². The third-order valence-corrected chi connectivity index (χ3v) is 3.01. The monoisotopic (exact) mass is 241 g/mol. The Bertz CT molecular complexity index is 417. The molecule has 2 rings (SSSR count). The minimum Gasteiger partial charge on any atom is -0.372 e. The lowest BCUT2D eigenvalue weighted by molar-refractivity contribution is -0.137. The van der Waals surface area contributed by atoms with Crippen LogP contribution in [-0.4, -0.2) is 18.0 Å². The Hall–Kier alpha value is -1.45. The first-order valence-corrected chi connectivity index (χ1v) is 5.60. The number of nitrogens with zero attached hydrogens (tertiary/aromatic N) is 1. The summed E-state index contributed by atoms with van der Waals surface area (Å²) in [5.41, 5.74) is 0.630. The van der Waals surface area contributed by atoms with Crippen LogP contribution in [0.5, 0.6) is 0 Å². The molecule has 92 valence electrons. The van der Waals surface area contributed by atoms with Crippen LogP contribution in [0.25, 0.3) is 5.70 Å². The number of alkyl halides is 3. The van der Waals surface area contributed by atoms with Gasteiger partial charge >= 0.3 is 6.18 Å². The van der Waals surface area contributed by atoms with E-state index in [0.717, 1.165) is 32.0 Å². The zero-order valence-corrected chi connectivity index (χ0v) is 9.43. The first kappa shape index (κ1) is 12.0. The Labute approximate surface area is 98.5 Å². The molecule has 0 aliphatic carbocycles. The molecule has 1 aliphatic heterocycles. The van der Waals surface area contributed by atoms with Gasteiger partial charge in [-0.1, -0.05) is 18.7 Å². The SMILES string of the molecule is C=C(c1cccc(C(F)(F)F)c1)N1CCCC1. The predicted molar refractivity (Wildman–Crippen MR) is 61.3 cm³/mol. The van der Waals surface area contributed by atoms with Crippen LogP contribution in [0, 0.1) is 0 Å². The highest BCUT2D eigenvalue weighted by Gasteiger charge is 2.30. The molecule has 1 saturated heterocycles. The first-order valence-electron chi connectivity index (χ1n) is 5.60. The molecule has 0 atom stereocenters. The van der Waals surface area contributed by atoms with Gasteiger partial charge in [0.25, 0.3) is 0 Å². The summed E-state index contributed by atoms with van der Waals surface area (Å²) in [6.45, 7) is 5.66. The van der Waals surface area contributed by atoms with Gasteiger partial charge < -0.3 is 4.90 Å². The van der Waals surface area contributed by atoms with Crippen molar-refractivity contribution in [2.75, 3.05) is 13.1 Å². The molecule has 1 fully saturated rings. The summed E-state index contributed by atoms with van der Waals surface area (Å²) in [7, 11) is 0. The lowest BCUT2D eigenvalue weighted by Crippen LogP contribution is -2.17. The van der Waals surface area contributed by atoms with Crippen LogP contribution in [0.1, 0.15) is 24.0 Å². The maximum Gasteiger partial charge on any atom is 0.416 e. The zero-order valence-electron chi connectivity index (χ0n) is 9.43. The van der Waals surface area contributed by atoms with Crippen molar-refractivity contribution in [3.05, 3.63) is 42.0 Å². The van der Waals surface area contributed by atoms with E-state index in [9.17, 15) is 13.2 Å². The van der Waals surface area contributed by atoms with Crippen molar-refractivity contribution in [3.8, 4) is 0 Å². The molecule has 0 saturated carbocycles. The normalized spacial score (nSPS) is 16.3. The summed E-state index contributed by atoms with van der Waals surface area (Å²) >= 11 is 0. The van der Waals surface area contributed by atoms with Gasteiger partial charge in [-0.2, -0.15) is 13.2 Å². The fraction of sp³-hybridized carbons (Fsp3) is 0.385. The van der Waals surface area contributed by atoms with Crippen molar-refractivity contribution in [2.45, 2.75) is 19.0 Å². The van der Waals surface area contributed by atoms with Gasteiger partial charge in [0.2, 0.25) is 0 Å². The van der Waals surface area contributed by atoms with E-state index >= 15 is 0 Å². The van der Waals surface area contributed by atoms with Crippen LogP contribution in [0.15, 0.2) is 30.8 Å². The van der Waals surface area contributed by atoms with E-state index in [0.29, 0.717) is 11.3 Å². The van der Waals surface area contributed by atoms with Crippen LogP contribution in [0.4, 0.5) is 13.2 Å². The summed E-state index contributed by atoms with van der Waals surface area (Å²) in [5, 5.41) is 0. The molecule has 0 radical (unpaired) electrons. The average molecular weight is 241 g/mol. The summed E-state index contributed by atoms with van der Waals surface area (Å²) < 4.78 is 37.7. The van der Waals surface area contributed by atoms with Crippen LogP contribution in [0.3, 0.4) is 0 Å². The van der Waals surface area contributed by atoms with Crippen molar-refractivity contribution in [2.24, 2.45) is 0 Å². The van der Waals surface area contributed by atoms with Crippen LogP contribution < -0.4 is 0 Å². The zero-order chi connectivity index (χ0) is 12.5. The van der Waals surface area contributed by atoms with Crippen molar-refractivity contribution in [1.29, 1.82) is 0 Å². The molecule has 0 aromatic heterocycles. The number of likely N-dealkylation sites (tertiary alicyclic amines) is 1. The lowest BCUT2D eigenvalue weighted by Gasteiger charge is -2.21. The molecule has 0 unspecified atom stereocenters. The summed E-state index contributed by atoms with van der Waals surface area (Å²) in [5.74, 6) is 0. The molecule has 4 heteroatoms. The highest BCUT2D eigenvalue weighted by Crippen LogP contribution is 2.31. The van der Waals surface area contributed by atoms with E-state index < -0.39 is 11.7 Å². The maximum absolute atomic E-state index is 12.6. The number of hydrogen-bond donors (Lipinski definition) is 0. The molecule has 0 N–H and O–H groups in total. The van der Waals surface area contributed by atoms with Gasteiger partial charge in [-0.3, -0.25) is 0 Å². The highest BCUT2D eigenvalue weighted by atomic mass is 19.4. The molecular weight excluding hydrogens is 227 g/mol. The molecule has 17 heavy (non-hydrogen) atoms. The Morgan fingerprint density at radius 1 is 1.18 bits per heavy atom. The largest absolute Gasteiger partial charge is 0.416 e. The van der Waals surface area contributed by atoms with Gasteiger partial charge in [-0.05, 0) is 30.5 Å². The Morgan fingerprint density at radius 2 is 1.82 bits per heavy atom. The van der Waals surface area contributed by atoms with Gasteiger partial charge in [-0.25, -0.2) is 0 Å². The van der Waals surface area contributed by atoms with Gasteiger partial charge in [0.1, 0.15) is 0 Å². The molecule has 0 bridgehead atoms. The van der Waals surface area contributed by atoms with Gasteiger partial charge in [0, 0.05) is 18.8 Å². The molecule has 1 heterocycles. The number of halogens is 3. The summed E-state index contributed by atoms with van der Waals surface area (Å²) in [4.78, 5) is 2.04. The third-order valence-electron chi connectivity index (χ3n) is 3.01. The van der Waals surface area contributed by atoms with Crippen molar-refractivity contribution < 1.29 is 13.2 Å². The summed E-state index contributed by atoms with van der Waals surface area (Å²) in [6, 6.07) is 5.36. The quantitative estimate of drug-likeness (QED) is 0.761. The highest BCUT2D eigenvalue weighted by molar-refractivity contribution is 5.62. The van der Waals surface area contributed by atoms with E-state index in [-0.39, 0.29) is 0 Å². The maximum atomic E-state index is 12.6. The minimum absolute atomic E-state index is 0.557. The third kappa shape index (κ3) is 2.62. The second-order valence-electron chi connectivity index (χ2n) is 4.22. The first-order chi connectivity index (χ1) is 7.98. The van der Waals surface area contributed by atoms with Crippen LogP contribution in [0.2, 0.25) is 0 Å². The summed E-state index contributed by atoms with van der Waals surface area (Å²) in [6.07, 6.45) is -2.13. The molecule has 0 spiro atoms. The van der Waals surface area contributed by atoms with E-state index in [1.54, 1.807) is 6.07 Å². The second kappa shape index (κ2) is 4.43. The van der Waals surface area contributed by atoms with E-state index in [4.69, 9.17) is 0 Å². The van der Waals surface area contributed by atoms with Gasteiger partial charge in [0.15, 0.2) is 0 Å². The van der Waals surface area contributed by atoms with Gasteiger partial charge in [-0.15, -0.1) is 0 Å². The smallest absolute Gasteiger partial charge is 0.372 e. The molecule has 0 amide bonds. The topological polar surface area (TPSA) is 3.24 Å². The number of rotatable bonds is 2. The average Bonchev–Trinajstić information content (AvgIpc) is 2.80. The van der Waals surface area contributed by atoms with Crippen LogP contribution >= 0.6 is 0 Å². The number of benzene rings is 1. The Morgan fingerprint density at radius 3 is 2.41 bits per heavy atom. The van der Waals surface area contributed by atoms with E-state index in [1.165, 1.54) is 12.1 Å². The van der Waals surface area contributed by atoms with Crippen molar-refractivity contribution in [3.63, 3.8) is 0 Å². The Balaban J connectivity index is 2.24. The Kier molecular flexibility index (Phi) is 3.13. The number of hydrogen-bond acceptors (Lipinski definition) is 1. The predicted octanol–water partition coefficient (Wildman–Crippen LogP) is 3.77. The second-order valence-corrected chi connectivity index (χ2v) is 4.22. The van der Waals surface area contributed by atoms with E-state index in [1.807, 2.05) is 4.90 Å². The van der Waals surface area contributed by atoms with Crippen molar-refractivity contribution in [1.82, 2.24) is 4.90 Å². The molecule has 1 nitrogen and oxygen atoms in total. The molecule has 1 aromatic rings. The van der Waals surface area contributed by atoms with E-state index in [2.05, 4.69) is 6.58 Å². The fourth-order valence-corrected chi connectivity index (χ4v) is 2.04. The fourth-order valence-electron chi connectivity index (χ4n) is 2.04. The molecular formula is C13H14F3N.